The van der Waals surface area contributed by atoms with E-state index < -0.39 is 6.10 Å². The van der Waals surface area contributed by atoms with Crippen LogP contribution in [0.3, 0.4) is 0 Å². The van der Waals surface area contributed by atoms with Crippen LogP contribution in [0.25, 0.3) is 0 Å². The van der Waals surface area contributed by atoms with Gasteiger partial charge in [0.05, 0.1) is 12.3 Å². The van der Waals surface area contributed by atoms with E-state index in [1.165, 1.54) is 6.21 Å². The topological polar surface area (TPSA) is 37.5 Å². The van der Waals surface area contributed by atoms with Crippen LogP contribution in [0.5, 0.6) is 0 Å². The first kappa shape index (κ1) is 7.02. The zero-order valence-electron chi connectivity index (χ0n) is 5.51. The fraction of sp³-hybridized carbons (Fsp3) is 0.143. The van der Waals surface area contributed by atoms with Crippen LogP contribution in [0, 0.1) is 6.92 Å². The van der Waals surface area contributed by atoms with Crippen molar-refractivity contribution in [1.82, 2.24) is 4.68 Å². The molecule has 0 bridgehead atoms. The fourth-order valence-corrected chi connectivity index (χ4v) is 0.556. The monoisotopic (exact) mass is 137 g/mol. The third kappa shape index (κ3) is 2.03. The predicted octanol–water partition coefficient (Wildman–Crippen LogP) is 0.517. The van der Waals surface area contributed by atoms with Crippen LogP contribution in [0.1, 0.15) is 0 Å². The van der Waals surface area contributed by atoms with E-state index >= 15 is 0 Å². The Morgan fingerprint density at radius 1 is 1.50 bits per heavy atom. The summed E-state index contributed by atoms with van der Waals surface area (Å²) in [4.78, 5) is 0. The van der Waals surface area contributed by atoms with Crippen LogP contribution in [-0.4, -0.2) is 22.1 Å². The minimum absolute atomic E-state index is 0.734. The van der Waals surface area contributed by atoms with E-state index in [9.17, 15) is 0 Å². The van der Waals surface area contributed by atoms with E-state index in [0.29, 0.717) is 0 Å². The highest BCUT2D eigenvalue weighted by atomic mass is 16.3. The third-order valence-corrected chi connectivity index (χ3v) is 0.961. The van der Waals surface area contributed by atoms with E-state index in [0.717, 1.165) is 0 Å². The summed E-state index contributed by atoms with van der Waals surface area (Å²) in [6.45, 7) is 3.33. The molecule has 0 aliphatic carbocycles. The molecule has 3 nitrogen and oxygen atoms in total. The van der Waals surface area contributed by atoms with Crippen molar-refractivity contribution >= 4 is 6.21 Å². The molecule has 0 spiro atoms. The number of aliphatic hydroxyl groups is 1. The molecule has 3 heteroatoms. The Morgan fingerprint density at radius 3 is 2.60 bits per heavy atom. The van der Waals surface area contributed by atoms with Gasteiger partial charge >= 0.3 is 0 Å². The number of aliphatic hydroxyl groups excluding tert-OH is 1. The average Bonchev–Trinajstić information content (AvgIpc) is 2.34. The lowest BCUT2D eigenvalue weighted by molar-refractivity contribution is 0.291. The lowest BCUT2D eigenvalue weighted by atomic mass is 10.5. The van der Waals surface area contributed by atoms with Gasteiger partial charge in [-0.3, -0.25) is 0 Å². The van der Waals surface area contributed by atoms with Crippen LogP contribution >= 0.6 is 0 Å². The normalized spacial score (nSPS) is 14.2. The maximum absolute atomic E-state index is 8.68. The first-order valence-electron chi connectivity index (χ1n) is 2.97. The SMILES string of the molecule is [CH2]C(O)C=Nn1cccc1. The number of aromatic nitrogens is 1. The molecule has 1 atom stereocenters. The third-order valence-electron chi connectivity index (χ3n) is 0.961. The maximum atomic E-state index is 8.68. The Balaban J connectivity index is 2.55. The van der Waals surface area contributed by atoms with E-state index in [1.54, 1.807) is 17.1 Å². The van der Waals surface area contributed by atoms with Crippen LogP contribution in [0.4, 0.5) is 0 Å². The van der Waals surface area contributed by atoms with E-state index in [-0.39, 0.29) is 0 Å². The summed E-state index contributed by atoms with van der Waals surface area (Å²) >= 11 is 0. The minimum Gasteiger partial charge on any atom is -0.387 e. The van der Waals surface area contributed by atoms with Gasteiger partial charge in [0.25, 0.3) is 0 Å². The molecule has 1 aromatic heterocycles. The number of rotatable bonds is 2. The Morgan fingerprint density at radius 2 is 2.10 bits per heavy atom. The van der Waals surface area contributed by atoms with Gasteiger partial charge in [0.15, 0.2) is 0 Å². The Bertz CT molecular complexity index is 201. The average molecular weight is 137 g/mol. The molecule has 0 aromatic carbocycles. The second-order valence-corrected chi connectivity index (χ2v) is 1.89. The van der Waals surface area contributed by atoms with Crippen molar-refractivity contribution < 1.29 is 5.11 Å². The van der Waals surface area contributed by atoms with Crippen LogP contribution < -0.4 is 0 Å². The van der Waals surface area contributed by atoms with Crippen molar-refractivity contribution in [3.8, 4) is 0 Å². The van der Waals surface area contributed by atoms with Crippen molar-refractivity contribution in [3.63, 3.8) is 0 Å². The van der Waals surface area contributed by atoms with Crippen LogP contribution in [0.2, 0.25) is 0 Å². The van der Waals surface area contributed by atoms with Gasteiger partial charge < -0.3 is 5.11 Å². The molecule has 0 aliphatic heterocycles. The molecule has 1 radical (unpaired) electrons. The van der Waals surface area contributed by atoms with Gasteiger partial charge in [0.1, 0.15) is 0 Å². The lowest BCUT2D eigenvalue weighted by Gasteiger charge is -1.92. The highest BCUT2D eigenvalue weighted by Gasteiger charge is 1.85. The second-order valence-electron chi connectivity index (χ2n) is 1.89. The summed E-state index contributed by atoms with van der Waals surface area (Å²) in [5.74, 6) is 0. The maximum Gasteiger partial charge on any atom is 0.0910 e. The molecule has 0 fully saturated rings. The summed E-state index contributed by atoms with van der Waals surface area (Å²) in [5.41, 5.74) is 0. The van der Waals surface area contributed by atoms with Crippen molar-refractivity contribution in [2.75, 3.05) is 0 Å². The highest BCUT2D eigenvalue weighted by molar-refractivity contribution is 5.63. The first-order valence-corrected chi connectivity index (χ1v) is 2.97. The largest absolute Gasteiger partial charge is 0.387 e. The summed E-state index contributed by atoms with van der Waals surface area (Å²) in [7, 11) is 0. The molecule has 1 N–H and O–H groups in total. The van der Waals surface area contributed by atoms with Crippen LogP contribution in [0.15, 0.2) is 29.6 Å². The van der Waals surface area contributed by atoms with Gasteiger partial charge in [-0.2, -0.15) is 5.10 Å². The molecule has 1 aromatic rings. The van der Waals surface area contributed by atoms with E-state index in [4.69, 9.17) is 5.11 Å². The van der Waals surface area contributed by atoms with E-state index in [1.807, 2.05) is 12.1 Å². The zero-order valence-corrected chi connectivity index (χ0v) is 5.51. The molecule has 1 rings (SSSR count). The number of nitrogens with zero attached hydrogens (tertiary/aromatic N) is 2. The number of hydrogen-bond donors (Lipinski definition) is 1. The van der Waals surface area contributed by atoms with E-state index in [2.05, 4.69) is 12.0 Å². The van der Waals surface area contributed by atoms with Crippen molar-refractivity contribution in [1.29, 1.82) is 0 Å². The summed E-state index contributed by atoms with van der Waals surface area (Å²) in [6.07, 6.45) is 4.18. The quantitative estimate of drug-likeness (QED) is 0.593. The van der Waals surface area contributed by atoms with Gasteiger partial charge in [-0.1, -0.05) is 0 Å². The molecule has 0 saturated heterocycles. The molecule has 1 unspecified atom stereocenters. The zero-order chi connectivity index (χ0) is 7.40. The summed E-state index contributed by atoms with van der Waals surface area (Å²) in [5, 5.41) is 12.5. The fourth-order valence-electron chi connectivity index (χ4n) is 0.556. The second kappa shape index (κ2) is 3.17. The van der Waals surface area contributed by atoms with Crippen LogP contribution in [-0.2, 0) is 0 Å². The molecule has 1 heterocycles. The molecule has 0 amide bonds. The lowest BCUT2D eigenvalue weighted by Crippen LogP contribution is -2.02. The van der Waals surface area contributed by atoms with Gasteiger partial charge in [-0.25, -0.2) is 4.68 Å². The molecule has 0 aliphatic rings. The Hall–Kier alpha value is -1.09. The van der Waals surface area contributed by atoms with Crippen molar-refractivity contribution in [2.24, 2.45) is 5.10 Å². The van der Waals surface area contributed by atoms with Crippen molar-refractivity contribution in [2.45, 2.75) is 6.10 Å². The standard InChI is InChI=1S/C7H9N2O/c1-7(10)6-8-9-4-2-3-5-9/h2-7,10H,1H2. The molecular formula is C7H9N2O. The van der Waals surface area contributed by atoms with Gasteiger partial charge in [-0.05, 0) is 19.1 Å². The molecular weight excluding hydrogens is 128 g/mol. The Kier molecular flexibility index (Phi) is 2.23. The first-order chi connectivity index (χ1) is 4.79. The molecule has 53 valence electrons. The minimum atomic E-state index is -0.734. The molecule has 0 saturated carbocycles. The summed E-state index contributed by atoms with van der Waals surface area (Å²) < 4.78 is 1.59. The predicted molar refractivity (Wildman–Crippen MR) is 39.7 cm³/mol. The van der Waals surface area contributed by atoms with Gasteiger partial charge in [0, 0.05) is 12.4 Å². The highest BCUT2D eigenvalue weighted by Crippen LogP contribution is 1.87. The smallest absolute Gasteiger partial charge is 0.0910 e. The van der Waals surface area contributed by atoms with Gasteiger partial charge in [-0.15, -0.1) is 0 Å². The summed E-state index contributed by atoms with van der Waals surface area (Å²) in [6, 6.07) is 3.71. The van der Waals surface area contributed by atoms with Crippen molar-refractivity contribution in [3.05, 3.63) is 31.5 Å². The molecule has 10 heavy (non-hydrogen) atoms. The number of hydrogen-bond acceptors (Lipinski definition) is 2. The Labute approximate surface area is 59.6 Å². The van der Waals surface area contributed by atoms with Gasteiger partial charge in [0.2, 0.25) is 0 Å².